The summed E-state index contributed by atoms with van der Waals surface area (Å²) in [4.78, 5) is 10.4. The normalized spacial score (nSPS) is 28.9. The van der Waals surface area contributed by atoms with Crippen LogP contribution in [0.3, 0.4) is 0 Å². The van der Waals surface area contributed by atoms with Crippen molar-refractivity contribution in [2.24, 2.45) is 0 Å². The van der Waals surface area contributed by atoms with Gasteiger partial charge in [-0.05, 0) is 0 Å². The lowest BCUT2D eigenvalue weighted by atomic mass is 10.7. The first kappa shape index (κ1) is 11.3. The van der Waals surface area contributed by atoms with E-state index < -0.39 is 37.2 Å². The summed E-state index contributed by atoms with van der Waals surface area (Å²) >= 11 is 0. The topological polar surface area (TPSA) is 109 Å². The van der Waals surface area contributed by atoms with Crippen molar-refractivity contribution in [2.75, 3.05) is 5.94 Å². The average molecular weight is 250 g/mol. The standard InChI is InChI=1S/C3H2F2NO6S2/c4-3(5)2(7)12-1-13(8,9)6-14(3,10)11/h1H2/q-1. The average Bonchev–Trinajstić information content (AvgIpc) is 2.00. The molecule has 0 atom stereocenters. The molecule has 11 heteroatoms. The van der Waals surface area contributed by atoms with Crippen molar-refractivity contribution in [3.8, 4) is 0 Å². The minimum atomic E-state index is -5.73. The van der Waals surface area contributed by atoms with Gasteiger partial charge in [-0.25, -0.2) is 21.6 Å². The molecule has 1 heterocycles. The molecule has 0 bridgehead atoms. The van der Waals surface area contributed by atoms with Crippen LogP contribution in [0.1, 0.15) is 0 Å². The third-order valence-electron chi connectivity index (χ3n) is 1.11. The molecule has 0 aromatic heterocycles. The van der Waals surface area contributed by atoms with Crippen LogP contribution in [-0.4, -0.2) is 34.0 Å². The minimum Gasteiger partial charge on any atom is -0.446 e. The Morgan fingerprint density at radius 3 is 2.29 bits per heavy atom. The van der Waals surface area contributed by atoms with Crippen molar-refractivity contribution in [2.45, 2.75) is 5.25 Å². The van der Waals surface area contributed by atoms with Gasteiger partial charge >= 0.3 is 11.2 Å². The summed E-state index contributed by atoms with van der Waals surface area (Å²) in [7, 11) is -10.4. The van der Waals surface area contributed by atoms with Gasteiger partial charge < -0.3 is 8.86 Å². The van der Waals surface area contributed by atoms with Crippen molar-refractivity contribution < 1.29 is 35.1 Å². The monoisotopic (exact) mass is 250 g/mol. The third kappa shape index (κ3) is 1.69. The van der Waals surface area contributed by atoms with Crippen LogP contribution >= 0.6 is 0 Å². The van der Waals surface area contributed by atoms with Gasteiger partial charge in [-0.3, -0.25) is 0 Å². The molecule has 1 aliphatic heterocycles. The van der Waals surface area contributed by atoms with E-state index in [0.717, 1.165) is 0 Å². The molecule has 1 saturated heterocycles. The Hall–Kier alpha value is -0.810. The van der Waals surface area contributed by atoms with Gasteiger partial charge in [0.2, 0.25) is 0 Å². The fraction of sp³-hybridized carbons (Fsp3) is 0.667. The highest BCUT2D eigenvalue weighted by Gasteiger charge is 2.52. The maximum atomic E-state index is 12.6. The number of ether oxygens (including phenoxy) is 1. The van der Waals surface area contributed by atoms with E-state index in [4.69, 9.17) is 0 Å². The number of hydrogen-bond donors (Lipinski definition) is 0. The van der Waals surface area contributed by atoms with Gasteiger partial charge in [0.25, 0.3) is 0 Å². The predicted molar refractivity (Wildman–Crippen MR) is 37.1 cm³/mol. The molecular weight excluding hydrogens is 248 g/mol. The maximum absolute atomic E-state index is 12.6. The molecule has 0 saturated carbocycles. The molecule has 0 radical (unpaired) electrons. The highest BCUT2D eigenvalue weighted by atomic mass is 32.3. The van der Waals surface area contributed by atoms with Crippen LogP contribution in [0.15, 0.2) is 0 Å². The van der Waals surface area contributed by atoms with Crippen LogP contribution in [0.4, 0.5) is 8.78 Å². The van der Waals surface area contributed by atoms with E-state index >= 15 is 0 Å². The highest BCUT2D eigenvalue weighted by Crippen LogP contribution is 2.33. The summed E-state index contributed by atoms with van der Waals surface area (Å²) in [6.07, 6.45) is 0. The molecule has 0 N–H and O–H groups in total. The molecule has 0 spiro atoms. The summed E-state index contributed by atoms with van der Waals surface area (Å²) < 4.78 is 72.8. The van der Waals surface area contributed by atoms with Gasteiger partial charge in [-0.1, -0.05) is 0 Å². The first-order chi connectivity index (χ1) is 6.08. The fourth-order valence-electron chi connectivity index (χ4n) is 0.535. The Kier molecular flexibility index (Phi) is 2.28. The number of carbonyl (C=O) groups is 1. The first-order valence-electron chi connectivity index (χ1n) is 2.85. The summed E-state index contributed by atoms with van der Waals surface area (Å²) in [5.74, 6) is -3.97. The Labute approximate surface area is 77.1 Å². The van der Waals surface area contributed by atoms with Crippen LogP contribution < -0.4 is 0 Å². The van der Waals surface area contributed by atoms with E-state index in [0.29, 0.717) is 0 Å². The minimum absolute atomic E-state index is 1.51. The zero-order valence-electron chi connectivity index (χ0n) is 6.18. The number of rotatable bonds is 0. The van der Waals surface area contributed by atoms with Gasteiger partial charge in [0.1, 0.15) is 10.0 Å². The van der Waals surface area contributed by atoms with E-state index in [1.807, 2.05) is 4.13 Å². The number of cyclic esters (lactones) is 1. The second-order valence-electron chi connectivity index (χ2n) is 2.20. The van der Waals surface area contributed by atoms with Gasteiger partial charge in [-0.2, -0.15) is 8.78 Å². The Morgan fingerprint density at radius 2 is 1.79 bits per heavy atom. The lowest BCUT2D eigenvalue weighted by Crippen LogP contribution is -2.36. The summed E-state index contributed by atoms with van der Waals surface area (Å²) in [5.41, 5.74) is 0. The molecule has 0 aromatic rings. The molecule has 7 nitrogen and oxygen atoms in total. The van der Waals surface area contributed by atoms with Crippen LogP contribution in [0.5, 0.6) is 0 Å². The summed E-state index contributed by atoms with van der Waals surface area (Å²) in [6, 6.07) is 0. The lowest BCUT2D eigenvalue weighted by molar-refractivity contribution is -0.158. The Balaban J connectivity index is 3.35. The highest BCUT2D eigenvalue weighted by molar-refractivity contribution is 8.13. The Morgan fingerprint density at radius 1 is 1.29 bits per heavy atom. The molecule has 0 unspecified atom stereocenters. The fourth-order valence-corrected chi connectivity index (χ4v) is 2.80. The van der Waals surface area contributed by atoms with Gasteiger partial charge in [0, 0.05) is 0 Å². The van der Waals surface area contributed by atoms with Gasteiger partial charge in [0.15, 0.2) is 16.0 Å². The molecule has 1 aliphatic rings. The van der Waals surface area contributed by atoms with Crippen molar-refractivity contribution in [3.63, 3.8) is 0 Å². The van der Waals surface area contributed by atoms with Crippen molar-refractivity contribution in [1.29, 1.82) is 0 Å². The van der Waals surface area contributed by atoms with Crippen LogP contribution in [0, 0.1) is 0 Å². The van der Waals surface area contributed by atoms with Crippen molar-refractivity contribution in [1.82, 2.24) is 0 Å². The van der Waals surface area contributed by atoms with E-state index in [1.165, 1.54) is 0 Å². The van der Waals surface area contributed by atoms with E-state index in [2.05, 4.69) is 4.74 Å². The molecule has 0 aliphatic carbocycles. The second-order valence-corrected chi connectivity index (χ2v) is 5.66. The zero-order chi connectivity index (χ0) is 11.2. The van der Waals surface area contributed by atoms with Gasteiger partial charge in [0.05, 0.1) is 0 Å². The number of hydrogen-bond acceptors (Lipinski definition) is 6. The quantitative estimate of drug-likeness (QED) is 0.517. The first-order valence-corrected chi connectivity index (χ1v) is 5.90. The van der Waals surface area contributed by atoms with Crippen molar-refractivity contribution >= 4 is 26.0 Å². The zero-order valence-corrected chi connectivity index (χ0v) is 7.81. The van der Waals surface area contributed by atoms with E-state index in [9.17, 15) is 30.4 Å². The number of carbonyl (C=O) groups excluding carboxylic acids is 1. The van der Waals surface area contributed by atoms with Crippen LogP contribution in [0.2, 0.25) is 0 Å². The smallest absolute Gasteiger partial charge is 0.424 e. The third-order valence-corrected chi connectivity index (χ3v) is 4.04. The number of alkyl halides is 2. The molecule has 0 amide bonds. The Bertz CT molecular complexity index is 463. The number of halogens is 2. The summed E-state index contributed by atoms with van der Waals surface area (Å²) in [6.45, 7) is 0. The van der Waals surface area contributed by atoms with Crippen molar-refractivity contribution in [3.05, 3.63) is 4.13 Å². The largest absolute Gasteiger partial charge is 0.446 e. The molecule has 14 heavy (non-hydrogen) atoms. The molecule has 1 rings (SSSR count). The van der Waals surface area contributed by atoms with Gasteiger partial charge in [-0.15, -0.1) is 0 Å². The SMILES string of the molecule is O=C1OCS(=O)(=O)[N-]S(=O)(=O)C1(F)F. The van der Waals surface area contributed by atoms with Crippen LogP contribution in [-0.2, 0) is 29.6 Å². The molecule has 0 aromatic carbocycles. The summed E-state index contributed by atoms with van der Waals surface area (Å²) in [5, 5.41) is -4.96. The maximum Gasteiger partial charge on any atom is 0.424 e. The molecule has 1 fully saturated rings. The van der Waals surface area contributed by atoms with E-state index in [-0.39, 0.29) is 0 Å². The number of nitrogens with zero attached hydrogens (tertiary/aromatic N) is 1. The number of esters is 1. The van der Waals surface area contributed by atoms with Crippen LogP contribution in [0.25, 0.3) is 4.13 Å². The molecule has 82 valence electrons. The number of sulfonamides is 2. The lowest BCUT2D eigenvalue weighted by Gasteiger charge is -2.18. The second kappa shape index (κ2) is 2.84. The van der Waals surface area contributed by atoms with E-state index in [1.54, 1.807) is 0 Å². The molecular formula is C3H2F2NO6S2-. The predicted octanol–water partition coefficient (Wildman–Crippen LogP) is -0.873.